The van der Waals surface area contributed by atoms with Crippen molar-refractivity contribution in [3.63, 3.8) is 0 Å². The van der Waals surface area contributed by atoms with Crippen LogP contribution in [0.25, 0.3) is 0 Å². The monoisotopic (exact) mass is 334 g/mol. The summed E-state index contributed by atoms with van der Waals surface area (Å²) in [4.78, 5) is 12.4. The second-order valence-electron chi connectivity index (χ2n) is 5.35. The van der Waals surface area contributed by atoms with Gasteiger partial charge in [0.25, 0.3) is 0 Å². The zero-order valence-electron chi connectivity index (χ0n) is 13.7. The summed E-state index contributed by atoms with van der Waals surface area (Å²) in [6.07, 6.45) is -4.46. The highest BCUT2D eigenvalue weighted by Crippen LogP contribution is 2.38. The van der Waals surface area contributed by atoms with Crippen molar-refractivity contribution in [3.8, 4) is 11.5 Å². The fourth-order valence-corrected chi connectivity index (χ4v) is 2.14. The summed E-state index contributed by atoms with van der Waals surface area (Å²) in [5.74, 6) is 1.10. The van der Waals surface area contributed by atoms with E-state index in [4.69, 9.17) is 9.47 Å². The molecule has 0 aliphatic rings. The van der Waals surface area contributed by atoms with Crippen molar-refractivity contribution in [2.45, 2.75) is 25.9 Å². The van der Waals surface area contributed by atoms with E-state index in [0.29, 0.717) is 22.1 Å². The van der Waals surface area contributed by atoms with E-state index >= 15 is 0 Å². The topological polar surface area (TPSA) is 50.8 Å². The van der Waals surface area contributed by atoms with Gasteiger partial charge in [-0.15, -0.1) is 0 Å². The number of nitrogens with zero attached hydrogens (tertiary/aromatic N) is 1. The van der Waals surface area contributed by atoms with Gasteiger partial charge in [0, 0.05) is 30.4 Å². The SMILES string of the molecule is COc1cc(NC(=O)N(C)CC(F)(F)F)cc(OC)c1C(C)C. The fraction of sp³-hybridized carbons (Fsp3) is 0.533. The Balaban J connectivity index is 3.03. The van der Waals surface area contributed by atoms with Crippen LogP contribution in [0.15, 0.2) is 12.1 Å². The van der Waals surface area contributed by atoms with Gasteiger partial charge in [-0.2, -0.15) is 13.2 Å². The minimum absolute atomic E-state index is 0.109. The molecule has 5 nitrogen and oxygen atoms in total. The molecule has 0 unspecified atom stereocenters. The first kappa shape index (κ1) is 18.9. The lowest BCUT2D eigenvalue weighted by atomic mass is 10.00. The summed E-state index contributed by atoms with van der Waals surface area (Å²) in [5, 5.41) is 2.41. The molecule has 0 atom stereocenters. The quantitative estimate of drug-likeness (QED) is 0.890. The minimum Gasteiger partial charge on any atom is -0.496 e. The van der Waals surface area contributed by atoms with E-state index in [1.54, 1.807) is 12.1 Å². The van der Waals surface area contributed by atoms with Crippen LogP contribution in [0, 0.1) is 0 Å². The molecule has 1 N–H and O–H groups in total. The summed E-state index contributed by atoms with van der Waals surface area (Å²) >= 11 is 0. The Morgan fingerprint density at radius 3 is 2.04 bits per heavy atom. The third-order valence-corrected chi connectivity index (χ3v) is 3.14. The molecular formula is C15H21F3N2O3. The van der Waals surface area contributed by atoms with Crippen LogP contribution in [0.4, 0.5) is 23.7 Å². The number of hydrogen-bond donors (Lipinski definition) is 1. The number of amides is 2. The first-order valence-corrected chi connectivity index (χ1v) is 6.93. The molecule has 0 aliphatic carbocycles. The van der Waals surface area contributed by atoms with Crippen LogP contribution in [-0.4, -0.2) is 44.9 Å². The molecule has 0 spiro atoms. The predicted octanol–water partition coefficient (Wildman–Crippen LogP) is 3.85. The van der Waals surface area contributed by atoms with E-state index in [9.17, 15) is 18.0 Å². The number of carbonyl (C=O) groups is 1. The average Bonchev–Trinajstić information content (AvgIpc) is 2.43. The Hall–Kier alpha value is -2.12. The van der Waals surface area contributed by atoms with Crippen LogP contribution in [0.2, 0.25) is 0 Å². The zero-order chi connectivity index (χ0) is 17.8. The molecule has 2 amide bonds. The van der Waals surface area contributed by atoms with Gasteiger partial charge in [-0.1, -0.05) is 13.8 Å². The predicted molar refractivity (Wildman–Crippen MR) is 81.3 cm³/mol. The molecule has 1 rings (SSSR count). The van der Waals surface area contributed by atoms with Gasteiger partial charge in [0.1, 0.15) is 18.0 Å². The van der Waals surface area contributed by atoms with Crippen molar-refractivity contribution in [2.24, 2.45) is 0 Å². The number of methoxy groups -OCH3 is 2. The summed E-state index contributed by atoms with van der Waals surface area (Å²) in [6.45, 7) is 2.57. The minimum atomic E-state index is -4.46. The summed E-state index contributed by atoms with van der Waals surface area (Å²) in [6, 6.07) is 2.23. The third kappa shape index (κ3) is 5.22. The largest absolute Gasteiger partial charge is 0.496 e. The molecule has 0 bridgehead atoms. The van der Waals surface area contributed by atoms with Crippen molar-refractivity contribution in [3.05, 3.63) is 17.7 Å². The lowest BCUT2D eigenvalue weighted by Gasteiger charge is -2.21. The molecule has 1 aromatic carbocycles. The molecule has 1 aromatic rings. The number of halogens is 3. The van der Waals surface area contributed by atoms with Crippen LogP contribution in [0.1, 0.15) is 25.3 Å². The molecule has 23 heavy (non-hydrogen) atoms. The van der Waals surface area contributed by atoms with E-state index in [1.165, 1.54) is 14.2 Å². The van der Waals surface area contributed by atoms with Gasteiger partial charge in [0.2, 0.25) is 0 Å². The Morgan fingerprint density at radius 2 is 1.70 bits per heavy atom. The molecule has 8 heteroatoms. The highest BCUT2D eigenvalue weighted by atomic mass is 19.4. The maximum Gasteiger partial charge on any atom is 0.406 e. The van der Waals surface area contributed by atoms with Gasteiger partial charge in [0.15, 0.2) is 0 Å². The van der Waals surface area contributed by atoms with Gasteiger partial charge < -0.3 is 19.7 Å². The zero-order valence-corrected chi connectivity index (χ0v) is 13.7. The maximum absolute atomic E-state index is 12.3. The average molecular weight is 334 g/mol. The molecule has 0 heterocycles. The molecule has 0 fully saturated rings. The molecule has 130 valence electrons. The highest BCUT2D eigenvalue weighted by molar-refractivity contribution is 5.90. The molecule has 0 radical (unpaired) electrons. The molecular weight excluding hydrogens is 313 g/mol. The van der Waals surface area contributed by atoms with Gasteiger partial charge in [-0.25, -0.2) is 4.79 Å². The van der Waals surface area contributed by atoms with Crippen LogP contribution in [0.3, 0.4) is 0 Å². The number of hydrogen-bond acceptors (Lipinski definition) is 3. The standard InChI is InChI=1S/C15H21F3N2O3/c1-9(2)13-11(22-4)6-10(7-12(13)23-5)19-14(21)20(3)8-15(16,17)18/h6-7,9H,8H2,1-5H3,(H,19,21). The number of anilines is 1. The first-order valence-electron chi connectivity index (χ1n) is 6.93. The number of ether oxygens (including phenoxy) is 2. The second-order valence-corrected chi connectivity index (χ2v) is 5.35. The van der Waals surface area contributed by atoms with E-state index < -0.39 is 18.8 Å². The lowest BCUT2D eigenvalue weighted by Crippen LogP contribution is -2.38. The van der Waals surface area contributed by atoms with Crippen molar-refractivity contribution >= 4 is 11.7 Å². The number of benzene rings is 1. The van der Waals surface area contributed by atoms with Crippen molar-refractivity contribution in [1.82, 2.24) is 4.90 Å². The Morgan fingerprint density at radius 1 is 1.22 bits per heavy atom. The number of carbonyl (C=O) groups excluding carboxylic acids is 1. The number of rotatable bonds is 5. The van der Waals surface area contributed by atoms with Gasteiger partial charge >= 0.3 is 12.2 Å². The van der Waals surface area contributed by atoms with Crippen LogP contribution < -0.4 is 14.8 Å². The maximum atomic E-state index is 12.3. The van der Waals surface area contributed by atoms with E-state index in [0.717, 1.165) is 12.6 Å². The van der Waals surface area contributed by atoms with Crippen LogP contribution in [-0.2, 0) is 0 Å². The fourth-order valence-electron chi connectivity index (χ4n) is 2.14. The van der Waals surface area contributed by atoms with E-state index in [2.05, 4.69) is 5.32 Å². The van der Waals surface area contributed by atoms with Crippen molar-refractivity contribution in [2.75, 3.05) is 33.1 Å². The highest BCUT2D eigenvalue weighted by Gasteiger charge is 2.31. The second kappa shape index (κ2) is 7.43. The third-order valence-electron chi connectivity index (χ3n) is 3.14. The molecule has 0 aromatic heterocycles. The first-order chi connectivity index (χ1) is 10.6. The van der Waals surface area contributed by atoms with Gasteiger partial charge in [-0.3, -0.25) is 0 Å². The Kier molecular flexibility index (Phi) is 6.12. The summed E-state index contributed by atoms with van der Waals surface area (Å²) in [7, 11) is 4.02. The number of alkyl halides is 3. The van der Waals surface area contributed by atoms with Crippen molar-refractivity contribution in [1.29, 1.82) is 0 Å². The molecule has 0 aliphatic heterocycles. The van der Waals surface area contributed by atoms with Crippen LogP contribution in [0.5, 0.6) is 11.5 Å². The normalized spacial score (nSPS) is 11.3. The number of nitrogens with one attached hydrogen (secondary N) is 1. The smallest absolute Gasteiger partial charge is 0.406 e. The number of urea groups is 1. The van der Waals surface area contributed by atoms with Gasteiger partial charge in [-0.05, 0) is 5.92 Å². The van der Waals surface area contributed by atoms with Crippen LogP contribution >= 0.6 is 0 Å². The van der Waals surface area contributed by atoms with Gasteiger partial charge in [0.05, 0.1) is 14.2 Å². The molecule has 0 saturated heterocycles. The van der Waals surface area contributed by atoms with E-state index in [1.807, 2.05) is 13.8 Å². The Labute approximate surface area is 133 Å². The van der Waals surface area contributed by atoms with E-state index in [-0.39, 0.29) is 5.92 Å². The summed E-state index contributed by atoms with van der Waals surface area (Å²) < 4.78 is 47.5. The van der Waals surface area contributed by atoms with Crippen molar-refractivity contribution < 1.29 is 27.4 Å². The lowest BCUT2D eigenvalue weighted by molar-refractivity contribution is -0.137. The molecule has 0 saturated carbocycles. The Bertz CT molecular complexity index is 534. The summed E-state index contributed by atoms with van der Waals surface area (Å²) in [5.41, 5.74) is 1.11.